The number of aryl methyl sites for hydroxylation is 1. The highest BCUT2D eigenvalue weighted by Crippen LogP contribution is 2.41. The fourth-order valence-electron chi connectivity index (χ4n) is 2.34. The molecule has 0 amide bonds. The van der Waals surface area contributed by atoms with Gasteiger partial charge in [-0.2, -0.15) is 5.10 Å². The first-order valence-corrected chi connectivity index (χ1v) is 7.13. The number of rotatable bonds is 2. The standard InChI is InChI=1S/C14H15BrN2O2/c1-2-17-8-9(7-16-17)13-6-12(18)11-4-3-10(15)5-14(11)19-13/h3-5,7-8,12-13,18H,2,6H2,1H3/t12-,13?/m0/s1. The smallest absolute Gasteiger partial charge is 0.130 e. The summed E-state index contributed by atoms with van der Waals surface area (Å²) in [6.45, 7) is 2.87. The molecule has 4 nitrogen and oxygen atoms in total. The summed E-state index contributed by atoms with van der Waals surface area (Å²) in [4.78, 5) is 0. The normalized spacial score (nSPS) is 21.8. The Bertz CT molecular complexity index is 597. The molecule has 1 N–H and O–H groups in total. The van der Waals surface area contributed by atoms with Crippen LogP contribution >= 0.6 is 15.9 Å². The van der Waals surface area contributed by atoms with Crippen LogP contribution in [0.5, 0.6) is 5.75 Å². The Hall–Kier alpha value is -1.33. The minimum Gasteiger partial charge on any atom is -0.485 e. The van der Waals surface area contributed by atoms with Crippen LogP contribution in [0.3, 0.4) is 0 Å². The van der Waals surface area contributed by atoms with Crippen LogP contribution < -0.4 is 4.74 Å². The van der Waals surface area contributed by atoms with Crippen molar-refractivity contribution in [2.75, 3.05) is 0 Å². The molecule has 0 bridgehead atoms. The lowest BCUT2D eigenvalue weighted by Crippen LogP contribution is -2.18. The Morgan fingerprint density at radius 1 is 1.53 bits per heavy atom. The van der Waals surface area contributed by atoms with E-state index in [-0.39, 0.29) is 6.10 Å². The summed E-state index contributed by atoms with van der Waals surface area (Å²) in [5.74, 6) is 0.738. The molecule has 2 atom stereocenters. The zero-order valence-corrected chi connectivity index (χ0v) is 12.2. The fourth-order valence-corrected chi connectivity index (χ4v) is 2.68. The Morgan fingerprint density at radius 2 is 2.37 bits per heavy atom. The lowest BCUT2D eigenvalue weighted by Gasteiger charge is -2.29. The summed E-state index contributed by atoms with van der Waals surface area (Å²) in [6.07, 6.45) is 3.71. The van der Waals surface area contributed by atoms with Crippen LogP contribution in [-0.4, -0.2) is 14.9 Å². The van der Waals surface area contributed by atoms with Gasteiger partial charge in [-0.1, -0.05) is 22.0 Å². The van der Waals surface area contributed by atoms with Crippen LogP contribution in [-0.2, 0) is 6.54 Å². The molecule has 1 aromatic carbocycles. The molecular formula is C14H15BrN2O2. The second-order valence-corrected chi connectivity index (χ2v) is 5.59. The first-order valence-electron chi connectivity index (χ1n) is 6.34. The summed E-state index contributed by atoms with van der Waals surface area (Å²) in [5.41, 5.74) is 1.86. The molecule has 1 unspecified atom stereocenters. The first kappa shape index (κ1) is 12.7. The third-order valence-electron chi connectivity index (χ3n) is 3.39. The molecule has 2 aromatic rings. The first-order chi connectivity index (χ1) is 9.17. The molecule has 0 saturated heterocycles. The second kappa shape index (κ2) is 4.98. The summed E-state index contributed by atoms with van der Waals surface area (Å²) in [6, 6.07) is 5.71. The number of hydrogen-bond donors (Lipinski definition) is 1. The van der Waals surface area contributed by atoms with E-state index in [9.17, 15) is 5.11 Å². The largest absolute Gasteiger partial charge is 0.485 e. The van der Waals surface area contributed by atoms with Crippen molar-refractivity contribution in [1.82, 2.24) is 9.78 Å². The molecule has 3 rings (SSSR count). The monoisotopic (exact) mass is 322 g/mol. The number of aromatic nitrogens is 2. The van der Waals surface area contributed by atoms with Gasteiger partial charge in [0.1, 0.15) is 11.9 Å². The Labute approximate surface area is 120 Å². The van der Waals surface area contributed by atoms with Crippen LogP contribution in [0.25, 0.3) is 0 Å². The number of nitrogens with zero attached hydrogens (tertiary/aromatic N) is 2. The van der Waals surface area contributed by atoms with Crippen molar-refractivity contribution in [3.8, 4) is 5.75 Å². The van der Waals surface area contributed by atoms with Crippen molar-refractivity contribution in [1.29, 1.82) is 0 Å². The molecule has 0 fully saturated rings. The summed E-state index contributed by atoms with van der Waals surface area (Å²) in [7, 11) is 0. The third-order valence-corrected chi connectivity index (χ3v) is 3.88. The number of benzene rings is 1. The van der Waals surface area contributed by atoms with Gasteiger partial charge < -0.3 is 9.84 Å². The van der Waals surface area contributed by atoms with Crippen LogP contribution in [0, 0.1) is 0 Å². The molecule has 0 saturated carbocycles. The van der Waals surface area contributed by atoms with Gasteiger partial charge in [-0.05, 0) is 19.1 Å². The molecule has 100 valence electrons. The molecule has 1 aliphatic rings. The van der Waals surface area contributed by atoms with Gasteiger partial charge in [-0.3, -0.25) is 4.68 Å². The third kappa shape index (κ3) is 2.40. The molecule has 0 radical (unpaired) electrons. The van der Waals surface area contributed by atoms with Gasteiger partial charge in [-0.25, -0.2) is 0 Å². The Morgan fingerprint density at radius 3 is 3.11 bits per heavy atom. The van der Waals surface area contributed by atoms with Crippen molar-refractivity contribution in [3.05, 3.63) is 46.2 Å². The lowest BCUT2D eigenvalue weighted by molar-refractivity contribution is 0.0656. The molecule has 19 heavy (non-hydrogen) atoms. The van der Waals surface area contributed by atoms with E-state index in [2.05, 4.69) is 21.0 Å². The fraction of sp³-hybridized carbons (Fsp3) is 0.357. The Kier molecular flexibility index (Phi) is 3.33. The van der Waals surface area contributed by atoms with Crippen molar-refractivity contribution in [2.24, 2.45) is 0 Å². The van der Waals surface area contributed by atoms with E-state index in [0.29, 0.717) is 6.42 Å². The van der Waals surface area contributed by atoms with Crippen LogP contribution in [0.2, 0.25) is 0 Å². The van der Waals surface area contributed by atoms with Gasteiger partial charge in [0, 0.05) is 34.8 Å². The second-order valence-electron chi connectivity index (χ2n) is 4.67. The zero-order chi connectivity index (χ0) is 13.4. The number of ether oxygens (including phenoxy) is 1. The van der Waals surface area contributed by atoms with Crippen molar-refractivity contribution < 1.29 is 9.84 Å². The molecule has 0 aliphatic carbocycles. The minimum atomic E-state index is -0.494. The van der Waals surface area contributed by atoms with Crippen LogP contribution in [0.15, 0.2) is 35.1 Å². The number of hydrogen-bond acceptors (Lipinski definition) is 3. The number of aliphatic hydroxyl groups excluding tert-OH is 1. The van der Waals surface area contributed by atoms with Gasteiger partial charge >= 0.3 is 0 Å². The maximum atomic E-state index is 10.2. The van der Waals surface area contributed by atoms with E-state index >= 15 is 0 Å². The highest BCUT2D eigenvalue weighted by atomic mass is 79.9. The van der Waals surface area contributed by atoms with Gasteiger partial charge in [0.2, 0.25) is 0 Å². The van der Waals surface area contributed by atoms with E-state index in [0.717, 1.165) is 27.9 Å². The van der Waals surface area contributed by atoms with Crippen LogP contribution in [0.1, 0.15) is 36.7 Å². The van der Waals surface area contributed by atoms with E-state index < -0.39 is 6.10 Å². The summed E-state index contributed by atoms with van der Waals surface area (Å²) in [5, 5.41) is 14.5. The van der Waals surface area contributed by atoms with Crippen molar-refractivity contribution in [2.45, 2.75) is 32.1 Å². The highest BCUT2D eigenvalue weighted by Gasteiger charge is 2.28. The van der Waals surface area contributed by atoms with E-state index in [1.165, 1.54) is 0 Å². The molecule has 2 heterocycles. The number of fused-ring (bicyclic) bond motifs is 1. The maximum Gasteiger partial charge on any atom is 0.130 e. The molecular weight excluding hydrogens is 308 g/mol. The minimum absolute atomic E-state index is 0.142. The molecule has 5 heteroatoms. The van der Waals surface area contributed by atoms with E-state index in [1.54, 1.807) is 0 Å². The maximum absolute atomic E-state index is 10.2. The SMILES string of the molecule is CCn1cc(C2C[C@H](O)c3ccc(Br)cc3O2)cn1. The quantitative estimate of drug-likeness (QED) is 0.923. The van der Waals surface area contributed by atoms with Crippen molar-refractivity contribution >= 4 is 15.9 Å². The summed E-state index contributed by atoms with van der Waals surface area (Å²) >= 11 is 3.42. The van der Waals surface area contributed by atoms with Crippen LogP contribution in [0.4, 0.5) is 0 Å². The highest BCUT2D eigenvalue weighted by molar-refractivity contribution is 9.10. The van der Waals surface area contributed by atoms with Crippen molar-refractivity contribution in [3.63, 3.8) is 0 Å². The topological polar surface area (TPSA) is 47.3 Å². The average Bonchev–Trinajstić information content (AvgIpc) is 2.86. The summed E-state index contributed by atoms with van der Waals surface area (Å²) < 4.78 is 8.79. The lowest BCUT2D eigenvalue weighted by atomic mass is 9.96. The molecule has 1 aliphatic heterocycles. The molecule has 0 spiro atoms. The predicted molar refractivity (Wildman–Crippen MR) is 75.0 cm³/mol. The van der Waals surface area contributed by atoms with E-state index in [1.807, 2.05) is 42.2 Å². The predicted octanol–water partition coefficient (Wildman–Crippen LogP) is 3.22. The van der Waals surface area contributed by atoms with Gasteiger partial charge in [0.25, 0.3) is 0 Å². The molecule has 1 aromatic heterocycles. The van der Waals surface area contributed by atoms with Gasteiger partial charge in [0.05, 0.1) is 12.3 Å². The Balaban J connectivity index is 1.91. The zero-order valence-electron chi connectivity index (χ0n) is 10.6. The number of halogens is 1. The van der Waals surface area contributed by atoms with Gasteiger partial charge in [0.15, 0.2) is 0 Å². The van der Waals surface area contributed by atoms with E-state index in [4.69, 9.17) is 4.74 Å². The number of aliphatic hydroxyl groups is 1. The van der Waals surface area contributed by atoms with Gasteiger partial charge in [-0.15, -0.1) is 0 Å². The average molecular weight is 323 g/mol.